The number of carbonyl (C=O) groups is 2. The van der Waals surface area contributed by atoms with Crippen molar-refractivity contribution >= 4 is 22.8 Å². The Kier molecular flexibility index (Phi) is 5.82. The number of aliphatic hydroxyl groups excluding tert-OH is 3. The van der Waals surface area contributed by atoms with Crippen LogP contribution in [0, 0.1) is 5.82 Å². The minimum absolute atomic E-state index is 0.302. The van der Waals surface area contributed by atoms with Gasteiger partial charge in [-0.1, -0.05) is 0 Å². The molecule has 11 heteroatoms. The zero-order valence-electron chi connectivity index (χ0n) is 15.3. The van der Waals surface area contributed by atoms with Crippen molar-refractivity contribution in [2.45, 2.75) is 37.3 Å². The Morgan fingerprint density at radius 2 is 2.10 bits per heavy atom. The number of hydrogen-bond donors (Lipinski definition) is 5. The quantitative estimate of drug-likeness (QED) is 0.420. The minimum atomic E-state index is -1.72. The summed E-state index contributed by atoms with van der Waals surface area (Å²) in [5, 5.41) is 46.1. The van der Waals surface area contributed by atoms with E-state index < -0.39 is 60.5 Å². The topological polar surface area (TPSA) is 154 Å². The fourth-order valence-corrected chi connectivity index (χ4v) is 3.25. The number of rotatable bonds is 6. The Morgan fingerprint density at radius 1 is 1.38 bits per heavy atom. The van der Waals surface area contributed by atoms with Crippen LogP contribution in [0.4, 0.5) is 4.39 Å². The largest absolute Gasteiger partial charge is 0.478 e. The Hall–Kier alpha value is -3.02. The summed E-state index contributed by atoms with van der Waals surface area (Å²) in [7, 11) is 0. The fraction of sp³-hybridized carbons (Fsp3) is 0.389. The Morgan fingerprint density at radius 3 is 2.72 bits per heavy atom. The van der Waals surface area contributed by atoms with Crippen LogP contribution in [0.5, 0.6) is 0 Å². The molecule has 0 spiro atoms. The lowest BCUT2D eigenvalue weighted by Crippen LogP contribution is -2.58. The summed E-state index contributed by atoms with van der Waals surface area (Å²) in [6, 6.07) is 1.93. The van der Waals surface area contributed by atoms with Gasteiger partial charge in [0.25, 0.3) is 0 Å². The number of hydrogen-bond acceptors (Lipinski definition) is 7. The van der Waals surface area contributed by atoms with Crippen LogP contribution < -0.4 is 5.32 Å². The predicted molar refractivity (Wildman–Crippen MR) is 96.0 cm³/mol. The van der Waals surface area contributed by atoms with Gasteiger partial charge in [-0.3, -0.25) is 9.48 Å². The van der Waals surface area contributed by atoms with E-state index >= 15 is 0 Å². The summed E-state index contributed by atoms with van der Waals surface area (Å²) in [6.45, 7) is 0.407. The summed E-state index contributed by atoms with van der Waals surface area (Å²) in [5.41, 5.74) is 0.302. The maximum Gasteiger partial charge on any atom is 0.370 e. The van der Waals surface area contributed by atoms with E-state index in [-0.39, 0.29) is 0 Å². The van der Waals surface area contributed by atoms with Gasteiger partial charge in [0.2, 0.25) is 11.7 Å². The molecule has 5 N–H and O–H groups in total. The maximum absolute atomic E-state index is 13.5. The van der Waals surface area contributed by atoms with E-state index in [4.69, 9.17) is 9.84 Å². The van der Waals surface area contributed by atoms with E-state index in [0.717, 1.165) is 0 Å². The molecule has 0 saturated carbocycles. The first kappa shape index (κ1) is 20.7. The SMILES string of the molecule is CC(=O)N[C@H]1[C@H]([C@H](O)[C@H](O)CO)OC(C(=O)O)=C[C@@H]1n1cc2ccc(F)cc2n1. The molecule has 0 fully saturated rings. The second kappa shape index (κ2) is 8.15. The molecule has 0 radical (unpaired) electrons. The van der Waals surface area contributed by atoms with Gasteiger partial charge in [-0.25, -0.2) is 9.18 Å². The molecule has 5 atom stereocenters. The van der Waals surface area contributed by atoms with Crippen LogP contribution in [0.3, 0.4) is 0 Å². The van der Waals surface area contributed by atoms with Crippen molar-refractivity contribution in [3.63, 3.8) is 0 Å². The number of ether oxygens (including phenoxy) is 1. The minimum Gasteiger partial charge on any atom is -0.478 e. The van der Waals surface area contributed by atoms with Crippen molar-refractivity contribution in [2.24, 2.45) is 0 Å². The lowest BCUT2D eigenvalue weighted by atomic mass is 9.92. The van der Waals surface area contributed by atoms with Gasteiger partial charge in [-0.05, 0) is 18.2 Å². The molecule has 1 aliphatic rings. The number of carboxylic acid groups (broad SMARTS) is 1. The molecule has 3 rings (SSSR count). The molecule has 1 aliphatic heterocycles. The number of amides is 1. The molecular weight excluding hydrogens is 389 g/mol. The van der Waals surface area contributed by atoms with Crippen LogP contribution in [0.2, 0.25) is 0 Å². The van der Waals surface area contributed by atoms with Crippen molar-refractivity contribution in [1.29, 1.82) is 0 Å². The van der Waals surface area contributed by atoms with Crippen LogP contribution in [-0.2, 0) is 14.3 Å². The number of carbonyl (C=O) groups excluding carboxylic acids is 1. The van der Waals surface area contributed by atoms with Crippen molar-refractivity contribution in [2.75, 3.05) is 6.61 Å². The first-order chi connectivity index (χ1) is 13.7. The van der Waals surface area contributed by atoms with Crippen LogP contribution in [0.25, 0.3) is 10.9 Å². The average molecular weight is 409 g/mol. The van der Waals surface area contributed by atoms with Gasteiger partial charge >= 0.3 is 5.97 Å². The van der Waals surface area contributed by atoms with E-state index in [1.165, 1.54) is 42.1 Å². The van der Waals surface area contributed by atoms with E-state index in [1.807, 2.05) is 0 Å². The summed E-state index contributed by atoms with van der Waals surface area (Å²) < 4.78 is 20.1. The van der Waals surface area contributed by atoms with Gasteiger partial charge in [0, 0.05) is 24.6 Å². The Balaban J connectivity index is 2.11. The highest BCUT2D eigenvalue weighted by molar-refractivity contribution is 5.85. The molecular formula is C18H20FN3O7. The molecule has 0 unspecified atom stereocenters. The second-order valence-corrected chi connectivity index (χ2v) is 6.69. The average Bonchev–Trinajstić information content (AvgIpc) is 3.09. The maximum atomic E-state index is 13.5. The van der Waals surface area contributed by atoms with Gasteiger partial charge in [0.05, 0.1) is 24.2 Å². The number of aliphatic carboxylic acids is 1. The van der Waals surface area contributed by atoms with Crippen molar-refractivity contribution < 1.29 is 39.1 Å². The van der Waals surface area contributed by atoms with Crippen LogP contribution in [0.1, 0.15) is 13.0 Å². The summed E-state index contributed by atoms with van der Waals surface area (Å²) >= 11 is 0. The fourth-order valence-electron chi connectivity index (χ4n) is 3.25. The van der Waals surface area contributed by atoms with Crippen LogP contribution in [0.15, 0.2) is 36.2 Å². The van der Waals surface area contributed by atoms with E-state index in [0.29, 0.717) is 10.9 Å². The first-order valence-electron chi connectivity index (χ1n) is 8.71. The number of fused-ring (bicyclic) bond motifs is 1. The highest BCUT2D eigenvalue weighted by Crippen LogP contribution is 2.31. The van der Waals surface area contributed by atoms with Crippen molar-refractivity contribution in [3.05, 3.63) is 42.0 Å². The van der Waals surface area contributed by atoms with Crippen LogP contribution >= 0.6 is 0 Å². The number of carboxylic acids is 1. The molecule has 1 aromatic carbocycles. The second-order valence-electron chi connectivity index (χ2n) is 6.69. The highest BCUT2D eigenvalue weighted by Gasteiger charge is 2.44. The first-order valence-corrected chi connectivity index (χ1v) is 8.71. The lowest BCUT2D eigenvalue weighted by molar-refractivity contribution is -0.147. The van der Waals surface area contributed by atoms with E-state index in [2.05, 4.69) is 10.4 Å². The molecule has 1 amide bonds. The normalized spacial score (nSPS) is 23.8. The van der Waals surface area contributed by atoms with Gasteiger partial charge < -0.3 is 30.5 Å². The molecule has 0 aliphatic carbocycles. The lowest BCUT2D eigenvalue weighted by Gasteiger charge is -2.39. The van der Waals surface area contributed by atoms with Gasteiger partial charge in [-0.15, -0.1) is 0 Å². The predicted octanol–water partition coefficient (Wildman–Crippen LogP) is -0.697. The molecule has 156 valence electrons. The molecule has 0 saturated heterocycles. The summed E-state index contributed by atoms with van der Waals surface area (Å²) in [6.07, 6.45) is -2.05. The number of benzene rings is 1. The molecule has 0 bridgehead atoms. The number of halogens is 1. The zero-order valence-corrected chi connectivity index (χ0v) is 15.3. The third-order valence-corrected chi connectivity index (χ3v) is 4.60. The number of aliphatic hydroxyl groups is 3. The zero-order chi connectivity index (χ0) is 21.3. The summed E-state index contributed by atoms with van der Waals surface area (Å²) in [4.78, 5) is 23.3. The highest BCUT2D eigenvalue weighted by atomic mass is 19.1. The third-order valence-electron chi connectivity index (χ3n) is 4.60. The van der Waals surface area contributed by atoms with E-state index in [1.54, 1.807) is 0 Å². The molecule has 2 aromatic rings. The Labute approximate surface area is 163 Å². The smallest absolute Gasteiger partial charge is 0.370 e. The van der Waals surface area contributed by atoms with Crippen molar-refractivity contribution in [3.8, 4) is 0 Å². The molecule has 1 aromatic heterocycles. The van der Waals surface area contributed by atoms with Crippen LogP contribution in [-0.4, -0.2) is 73.0 Å². The molecule has 29 heavy (non-hydrogen) atoms. The molecule has 2 heterocycles. The standard InChI is InChI=1S/C18H20FN3O7/c1-8(24)20-15-12(22-6-9-2-3-10(19)4-11(9)21-22)5-14(18(27)28)29-17(15)16(26)13(25)7-23/h2-6,12-13,15-17,23,25-26H,7H2,1H3,(H,20,24)(H,27,28)/t12-,13+,15+,16+,17+/m0/s1. The third kappa shape index (κ3) is 4.21. The molecule has 10 nitrogen and oxygen atoms in total. The van der Waals surface area contributed by atoms with Gasteiger partial charge in [-0.2, -0.15) is 5.10 Å². The monoisotopic (exact) mass is 409 g/mol. The van der Waals surface area contributed by atoms with Gasteiger partial charge in [0.1, 0.15) is 24.1 Å². The Bertz CT molecular complexity index is 960. The summed E-state index contributed by atoms with van der Waals surface area (Å²) in [5.74, 6) is -2.98. The number of nitrogens with zero attached hydrogens (tertiary/aromatic N) is 2. The van der Waals surface area contributed by atoms with E-state index in [9.17, 15) is 29.3 Å². The van der Waals surface area contributed by atoms with Crippen molar-refractivity contribution in [1.82, 2.24) is 15.1 Å². The number of nitrogens with one attached hydrogen (secondary N) is 1. The van der Waals surface area contributed by atoms with Gasteiger partial charge in [0.15, 0.2) is 0 Å². The number of aromatic nitrogens is 2.